The average Bonchev–Trinajstić information content (AvgIpc) is 3.35. The van der Waals surface area contributed by atoms with Gasteiger partial charge in [-0.25, -0.2) is 4.98 Å². The first-order valence-electron chi connectivity index (χ1n) is 13.8. The molecule has 1 saturated carbocycles. The normalized spacial score (nSPS) is 28.7. The number of carbonyl (C=O) groups is 1. The zero-order chi connectivity index (χ0) is 27.2. The predicted octanol–water partition coefficient (Wildman–Crippen LogP) is 6.36. The Morgan fingerprint density at radius 2 is 1.87 bits per heavy atom. The van der Waals surface area contributed by atoms with E-state index in [2.05, 4.69) is 28.1 Å². The van der Waals surface area contributed by atoms with Gasteiger partial charge in [0.05, 0.1) is 17.2 Å². The van der Waals surface area contributed by atoms with Crippen molar-refractivity contribution in [2.45, 2.75) is 71.9 Å². The number of halogens is 2. The quantitative estimate of drug-likeness (QED) is 0.408. The number of aryl methyl sites for hydroxylation is 2. The summed E-state index contributed by atoms with van der Waals surface area (Å²) in [4.78, 5) is 26.0. The van der Waals surface area contributed by atoms with Crippen LogP contribution in [0.25, 0.3) is 0 Å². The van der Waals surface area contributed by atoms with Crippen LogP contribution in [0, 0.1) is 31.1 Å². The Morgan fingerprint density at radius 3 is 2.58 bits per heavy atom. The van der Waals surface area contributed by atoms with Crippen LogP contribution >= 0.6 is 23.2 Å². The smallest absolute Gasteiger partial charge is 0.309 e. The van der Waals surface area contributed by atoms with Gasteiger partial charge in [-0.2, -0.15) is 4.98 Å². The summed E-state index contributed by atoms with van der Waals surface area (Å²) >= 11 is 13.2. The summed E-state index contributed by atoms with van der Waals surface area (Å²) in [6, 6.07) is 6.43. The number of carboxylic acid groups (broad SMARTS) is 1. The molecule has 0 amide bonds. The molecule has 3 aliphatic rings. The van der Waals surface area contributed by atoms with Crippen LogP contribution in [0.1, 0.15) is 68.8 Å². The van der Waals surface area contributed by atoms with Gasteiger partial charge in [0.1, 0.15) is 5.02 Å². The maximum absolute atomic E-state index is 11.5. The zero-order valence-electron chi connectivity index (χ0n) is 22.8. The third kappa shape index (κ3) is 5.47. The van der Waals surface area contributed by atoms with Crippen molar-refractivity contribution in [1.82, 2.24) is 14.9 Å². The monoisotopic (exact) mass is 559 g/mol. The standard InChI is InChI=1S/C29H39Cl2N5O2/c1-17-7-8-23(24(30)12-17)18(2)32-26-25(31)19(3)33-28(34-26)36-11-9-21(16-36)20-6-5-10-35(15-20)22-13-29(4,14-22)27(37)38/h7-8,12,18,20-22H,5-6,9-11,13-16H2,1-4H3,(H,37,38)(H,32,33,34). The number of nitrogens with one attached hydrogen (secondary N) is 1. The third-order valence-corrected chi connectivity index (χ3v) is 9.83. The highest BCUT2D eigenvalue weighted by atomic mass is 35.5. The van der Waals surface area contributed by atoms with Crippen molar-refractivity contribution in [3.63, 3.8) is 0 Å². The molecule has 0 bridgehead atoms. The maximum Gasteiger partial charge on any atom is 0.309 e. The van der Waals surface area contributed by atoms with Crippen molar-refractivity contribution in [1.29, 1.82) is 0 Å². The number of aromatic nitrogens is 2. The van der Waals surface area contributed by atoms with Crippen molar-refractivity contribution in [3.8, 4) is 0 Å². The van der Waals surface area contributed by atoms with E-state index in [0.29, 0.717) is 28.7 Å². The summed E-state index contributed by atoms with van der Waals surface area (Å²) < 4.78 is 0. The summed E-state index contributed by atoms with van der Waals surface area (Å²) in [6.07, 6.45) is 5.09. The molecule has 2 saturated heterocycles. The molecule has 9 heteroatoms. The molecule has 3 atom stereocenters. The lowest BCUT2D eigenvalue weighted by Crippen LogP contribution is -2.55. The van der Waals surface area contributed by atoms with Gasteiger partial charge in [0.15, 0.2) is 5.82 Å². The van der Waals surface area contributed by atoms with E-state index >= 15 is 0 Å². The van der Waals surface area contributed by atoms with Crippen LogP contribution in [-0.4, -0.2) is 58.2 Å². The van der Waals surface area contributed by atoms with Gasteiger partial charge in [0.25, 0.3) is 0 Å². The fourth-order valence-corrected chi connectivity index (χ4v) is 7.11. The minimum Gasteiger partial charge on any atom is -0.481 e. The molecule has 2 aliphatic heterocycles. The largest absolute Gasteiger partial charge is 0.481 e. The molecule has 7 nitrogen and oxygen atoms in total. The fourth-order valence-electron chi connectivity index (χ4n) is 6.57. The number of hydrogen-bond donors (Lipinski definition) is 2. The van der Waals surface area contributed by atoms with Crippen molar-refractivity contribution in [3.05, 3.63) is 45.1 Å². The number of benzene rings is 1. The number of rotatable bonds is 7. The SMILES string of the molecule is Cc1ccc(C(C)Nc2nc(N3CCC(C4CCCN(C5CC(C)(C(=O)O)C5)C4)C3)nc(C)c2Cl)c(Cl)c1. The summed E-state index contributed by atoms with van der Waals surface area (Å²) in [5.74, 6) is 1.92. The molecule has 38 heavy (non-hydrogen) atoms. The first-order chi connectivity index (χ1) is 18.0. The van der Waals surface area contributed by atoms with E-state index in [1.54, 1.807) is 0 Å². The van der Waals surface area contributed by atoms with E-state index in [4.69, 9.17) is 33.2 Å². The molecule has 0 radical (unpaired) electrons. The average molecular weight is 561 g/mol. The Kier molecular flexibility index (Phi) is 7.82. The Hall–Kier alpha value is -2.09. The minimum atomic E-state index is -0.655. The summed E-state index contributed by atoms with van der Waals surface area (Å²) in [5.41, 5.74) is 2.35. The van der Waals surface area contributed by atoms with Gasteiger partial charge in [-0.3, -0.25) is 4.79 Å². The number of likely N-dealkylation sites (tertiary alicyclic amines) is 1. The molecule has 0 spiro atoms. The van der Waals surface area contributed by atoms with Crippen LogP contribution < -0.4 is 10.2 Å². The summed E-state index contributed by atoms with van der Waals surface area (Å²) in [5, 5.41) is 14.2. The molecule has 3 heterocycles. The highest BCUT2D eigenvalue weighted by molar-refractivity contribution is 6.33. The predicted molar refractivity (Wildman–Crippen MR) is 153 cm³/mol. The maximum atomic E-state index is 11.5. The molecule has 1 aromatic heterocycles. The van der Waals surface area contributed by atoms with Crippen molar-refractivity contribution in [2.24, 2.45) is 17.3 Å². The number of hydrogen-bond acceptors (Lipinski definition) is 6. The number of aliphatic carboxylic acids is 1. The molecule has 2 N–H and O–H groups in total. The van der Waals surface area contributed by atoms with Crippen LogP contribution in [0.15, 0.2) is 18.2 Å². The third-order valence-electron chi connectivity index (χ3n) is 9.05. The second-order valence-electron chi connectivity index (χ2n) is 12.0. The zero-order valence-corrected chi connectivity index (χ0v) is 24.3. The second-order valence-corrected chi connectivity index (χ2v) is 12.8. The first-order valence-corrected chi connectivity index (χ1v) is 14.6. The Labute approximate surface area is 235 Å². The summed E-state index contributed by atoms with van der Waals surface area (Å²) in [6.45, 7) is 11.9. The molecule has 1 aliphatic carbocycles. The lowest BCUT2D eigenvalue weighted by Gasteiger charge is -2.50. The van der Waals surface area contributed by atoms with Crippen LogP contribution in [0.3, 0.4) is 0 Å². The molecule has 206 valence electrons. The van der Waals surface area contributed by atoms with Crippen molar-refractivity contribution in [2.75, 3.05) is 36.4 Å². The van der Waals surface area contributed by atoms with Gasteiger partial charge in [0.2, 0.25) is 5.95 Å². The highest BCUT2D eigenvalue weighted by Gasteiger charge is 2.49. The number of anilines is 2. The fraction of sp³-hybridized carbons (Fsp3) is 0.621. The Bertz CT molecular complexity index is 1200. The Morgan fingerprint density at radius 1 is 1.13 bits per heavy atom. The van der Waals surface area contributed by atoms with E-state index in [0.717, 1.165) is 73.2 Å². The molecule has 3 unspecified atom stereocenters. The lowest BCUT2D eigenvalue weighted by atomic mass is 9.65. The number of piperidine rings is 1. The lowest BCUT2D eigenvalue weighted by molar-refractivity contribution is -0.158. The van der Waals surface area contributed by atoms with Crippen molar-refractivity contribution < 1.29 is 9.90 Å². The van der Waals surface area contributed by atoms with Gasteiger partial charge in [-0.1, -0.05) is 35.3 Å². The van der Waals surface area contributed by atoms with Crippen LogP contribution in [0.2, 0.25) is 10.0 Å². The van der Waals surface area contributed by atoms with Crippen LogP contribution in [-0.2, 0) is 4.79 Å². The van der Waals surface area contributed by atoms with Gasteiger partial charge < -0.3 is 20.2 Å². The van der Waals surface area contributed by atoms with Gasteiger partial charge >= 0.3 is 5.97 Å². The topological polar surface area (TPSA) is 81.6 Å². The molecule has 5 rings (SSSR count). The van der Waals surface area contributed by atoms with Gasteiger partial charge in [-0.05, 0) is 95.4 Å². The molecule has 2 aromatic rings. The van der Waals surface area contributed by atoms with E-state index in [1.807, 2.05) is 32.9 Å². The molecular weight excluding hydrogens is 521 g/mol. The Balaban J connectivity index is 1.24. The second kappa shape index (κ2) is 10.8. The molecule has 3 fully saturated rings. The van der Waals surface area contributed by atoms with Crippen LogP contribution in [0.5, 0.6) is 0 Å². The number of carboxylic acids is 1. The van der Waals surface area contributed by atoms with E-state index < -0.39 is 11.4 Å². The summed E-state index contributed by atoms with van der Waals surface area (Å²) in [7, 11) is 0. The first kappa shape index (κ1) is 27.5. The minimum absolute atomic E-state index is 0.0585. The van der Waals surface area contributed by atoms with E-state index in [9.17, 15) is 9.90 Å². The van der Waals surface area contributed by atoms with Gasteiger partial charge in [0, 0.05) is 30.7 Å². The number of nitrogens with zero attached hydrogens (tertiary/aromatic N) is 4. The van der Waals surface area contributed by atoms with E-state index in [-0.39, 0.29) is 6.04 Å². The molecular formula is C29H39Cl2N5O2. The van der Waals surface area contributed by atoms with Gasteiger partial charge in [-0.15, -0.1) is 0 Å². The van der Waals surface area contributed by atoms with Crippen LogP contribution in [0.4, 0.5) is 11.8 Å². The molecule has 1 aromatic carbocycles. The van der Waals surface area contributed by atoms with Crippen molar-refractivity contribution >= 4 is 40.9 Å². The highest BCUT2D eigenvalue weighted by Crippen LogP contribution is 2.45. The van der Waals surface area contributed by atoms with E-state index in [1.165, 1.54) is 12.8 Å².